The van der Waals surface area contributed by atoms with Gasteiger partial charge in [-0.1, -0.05) is 18.2 Å². The molecule has 0 fully saturated rings. The SMILES string of the molecule is CC(C)(C)N(O)C(C)(COc1ccco1)C(=O)Nc1ccccc1. The van der Waals surface area contributed by atoms with Crippen LogP contribution in [-0.2, 0) is 4.79 Å². The van der Waals surface area contributed by atoms with Crippen LogP contribution in [0.3, 0.4) is 0 Å². The first-order chi connectivity index (χ1) is 11.2. The fourth-order valence-corrected chi connectivity index (χ4v) is 2.31. The predicted molar refractivity (Wildman–Crippen MR) is 91.1 cm³/mol. The Balaban J connectivity index is 2.22. The van der Waals surface area contributed by atoms with E-state index < -0.39 is 11.1 Å². The van der Waals surface area contributed by atoms with E-state index in [1.165, 1.54) is 6.26 Å². The molecule has 6 heteroatoms. The Kier molecular flexibility index (Phi) is 5.31. The second-order valence-corrected chi connectivity index (χ2v) is 6.80. The first kappa shape index (κ1) is 18.0. The maximum Gasteiger partial charge on any atom is 0.284 e. The van der Waals surface area contributed by atoms with Gasteiger partial charge in [-0.05, 0) is 45.9 Å². The van der Waals surface area contributed by atoms with Gasteiger partial charge in [0.15, 0.2) is 5.54 Å². The predicted octanol–water partition coefficient (Wildman–Crippen LogP) is 3.55. The molecule has 24 heavy (non-hydrogen) atoms. The fraction of sp³-hybridized carbons (Fsp3) is 0.389. The third-order valence-corrected chi connectivity index (χ3v) is 3.61. The Morgan fingerprint density at radius 2 is 1.83 bits per heavy atom. The molecule has 0 saturated heterocycles. The quantitative estimate of drug-likeness (QED) is 0.791. The van der Waals surface area contributed by atoms with Gasteiger partial charge in [0.05, 0.1) is 6.26 Å². The minimum Gasteiger partial charge on any atom is -0.463 e. The average molecular weight is 332 g/mol. The van der Waals surface area contributed by atoms with Crippen LogP contribution in [0, 0.1) is 0 Å². The van der Waals surface area contributed by atoms with E-state index in [0.717, 1.165) is 5.06 Å². The maximum absolute atomic E-state index is 12.9. The number of hydrogen-bond donors (Lipinski definition) is 2. The number of anilines is 1. The lowest BCUT2D eigenvalue weighted by Crippen LogP contribution is -2.62. The summed E-state index contributed by atoms with van der Waals surface area (Å²) in [7, 11) is 0. The lowest BCUT2D eigenvalue weighted by molar-refractivity contribution is -0.226. The van der Waals surface area contributed by atoms with Crippen LogP contribution in [0.2, 0.25) is 0 Å². The molecule has 0 spiro atoms. The summed E-state index contributed by atoms with van der Waals surface area (Å²) in [5, 5.41) is 14.5. The molecule has 1 aromatic carbocycles. The largest absolute Gasteiger partial charge is 0.463 e. The van der Waals surface area contributed by atoms with E-state index in [1.54, 1.807) is 31.2 Å². The first-order valence-corrected chi connectivity index (χ1v) is 7.75. The molecule has 1 aromatic heterocycles. The van der Waals surface area contributed by atoms with Gasteiger partial charge < -0.3 is 19.7 Å². The molecule has 130 valence electrons. The zero-order valence-corrected chi connectivity index (χ0v) is 14.4. The molecule has 2 aromatic rings. The number of nitrogens with zero attached hydrogens (tertiary/aromatic N) is 1. The Morgan fingerprint density at radius 1 is 1.17 bits per heavy atom. The fourth-order valence-electron chi connectivity index (χ4n) is 2.31. The van der Waals surface area contributed by atoms with Crippen LogP contribution in [0.5, 0.6) is 5.95 Å². The van der Waals surface area contributed by atoms with Crippen LogP contribution < -0.4 is 10.1 Å². The molecule has 0 aliphatic rings. The van der Waals surface area contributed by atoms with Crippen LogP contribution >= 0.6 is 0 Å². The molecular weight excluding hydrogens is 308 g/mol. The van der Waals surface area contributed by atoms with Gasteiger partial charge >= 0.3 is 0 Å². The van der Waals surface area contributed by atoms with Crippen molar-refractivity contribution in [3.05, 3.63) is 48.7 Å². The minimum atomic E-state index is -1.32. The number of nitrogens with one attached hydrogen (secondary N) is 1. The number of ether oxygens (including phenoxy) is 1. The third kappa shape index (κ3) is 4.15. The summed E-state index contributed by atoms with van der Waals surface area (Å²) in [6, 6.07) is 12.4. The van der Waals surface area contributed by atoms with Crippen LogP contribution in [-0.4, -0.2) is 33.9 Å². The van der Waals surface area contributed by atoms with Crippen molar-refractivity contribution < 1.29 is 19.2 Å². The molecule has 1 amide bonds. The number of carbonyl (C=O) groups excluding carboxylic acids is 1. The summed E-state index contributed by atoms with van der Waals surface area (Å²) in [6.45, 7) is 6.99. The third-order valence-electron chi connectivity index (χ3n) is 3.61. The average Bonchev–Trinajstić information content (AvgIpc) is 3.05. The zero-order chi connectivity index (χ0) is 17.8. The molecule has 1 atom stereocenters. The van der Waals surface area contributed by atoms with Crippen molar-refractivity contribution in [1.82, 2.24) is 5.06 Å². The lowest BCUT2D eigenvalue weighted by atomic mass is 9.95. The standard InChI is InChI=1S/C18H24N2O4/c1-17(2,3)20(22)18(4,13-24-15-11-8-12-23-15)16(21)19-14-9-6-5-7-10-14/h5-12,22H,13H2,1-4H3,(H,19,21). The summed E-state index contributed by atoms with van der Waals surface area (Å²) in [5.74, 6) is -0.0891. The highest BCUT2D eigenvalue weighted by atomic mass is 16.6. The van der Waals surface area contributed by atoms with E-state index in [4.69, 9.17) is 9.15 Å². The smallest absolute Gasteiger partial charge is 0.284 e. The number of hydrogen-bond acceptors (Lipinski definition) is 5. The van der Waals surface area contributed by atoms with Crippen LogP contribution in [0.25, 0.3) is 0 Å². The number of hydroxylamine groups is 2. The Labute approximate surface area is 142 Å². The van der Waals surface area contributed by atoms with E-state index in [1.807, 2.05) is 39.0 Å². The summed E-state index contributed by atoms with van der Waals surface area (Å²) < 4.78 is 10.7. The Hall–Kier alpha value is -2.31. The van der Waals surface area contributed by atoms with Crippen molar-refractivity contribution in [1.29, 1.82) is 0 Å². The maximum atomic E-state index is 12.9. The molecular formula is C18H24N2O4. The van der Waals surface area contributed by atoms with E-state index >= 15 is 0 Å². The number of rotatable bonds is 6. The van der Waals surface area contributed by atoms with Gasteiger partial charge in [0, 0.05) is 17.3 Å². The molecule has 0 bridgehead atoms. The van der Waals surface area contributed by atoms with Crippen LogP contribution in [0.4, 0.5) is 5.69 Å². The number of carbonyl (C=O) groups is 1. The normalized spacial score (nSPS) is 14.2. The van der Waals surface area contributed by atoms with Gasteiger partial charge in [-0.3, -0.25) is 4.79 Å². The van der Waals surface area contributed by atoms with Gasteiger partial charge in [-0.25, -0.2) is 0 Å². The monoisotopic (exact) mass is 332 g/mol. The molecule has 1 unspecified atom stereocenters. The summed E-state index contributed by atoms with van der Waals surface area (Å²) in [6.07, 6.45) is 1.48. The van der Waals surface area contributed by atoms with Gasteiger partial charge in [-0.15, -0.1) is 0 Å². The van der Waals surface area contributed by atoms with E-state index in [-0.39, 0.29) is 18.5 Å². The number of furan rings is 1. The van der Waals surface area contributed by atoms with Crippen molar-refractivity contribution in [3.63, 3.8) is 0 Å². The second kappa shape index (κ2) is 7.07. The van der Waals surface area contributed by atoms with Crippen LogP contribution in [0.15, 0.2) is 53.1 Å². The van der Waals surface area contributed by atoms with Gasteiger partial charge in [0.2, 0.25) is 0 Å². The van der Waals surface area contributed by atoms with Crippen molar-refractivity contribution in [2.75, 3.05) is 11.9 Å². The highest BCUT2D eigenvalue weighted by Gasteiger charge is 2.45. The van der Waals surface area contributed by atoms with E-state index in [2.05, 4.69) is 5.32 Å². The summed E-state index contributed by atoms with van der Waals surface area (Å²) >= 11 is 0. The van der Waals surface area contributed by atoms with Gasteiger partial charge in [0.1, 0.15) is 6.61 Å². The molecule has 0 aliphatic heterocycles. The molecule has 0 radical (unpaired) electrons. The highest BCUT2D eigenvalue weighted by molar-refractivity contribution is 5.97. The van der Waals surface area contributed by atoms with Gasteiger partial charge in [-0.2, -0.15) is 5.06 Å². The Morgan fingerprint density at radius 3 is 2.38 bits per heavy atom. The minimum absolute atomic E-state index is 0.0764. The van der Waals surface area contributed by atoms with E-state index in [0.29, 0.717) is 5.69 Å². The van der Waals surface area contributed by atoms with Crippen molar-refractivity contribution in [2.45, 2.75) is 38.8 Å². The first-order valence-electron chi connectivity index (χ1n) is 7.75. The molecule has 0 saturated carbocycles. The number of amides is 1. The highest BCUT2D eigenvalue weighted by Crippen LogP contribution is 2.26. The van der Waals surface area contributed by atoms with Crippen molar-refractivity contribution >= 4 is 11.6 Å². The molecule has 0 aliphatic carbocycles. The molecule has 6 nitrogen and oxygen atoms in total. The van der Waals surface area contributed by atoms with Gasteiger partial charge in [0.25, 0.3) is 11.9 Å². The van der Waals surface area contributed by atoms with Crippen molar-refractivity contribution in [3.8, 4) is 5.95 Å². The van der Waals surface area contributed by atoms with Crippen LogP contribution in [0.1, 0.15) is 27.7 Å². The second-order valence-electron chi connectivity index (χ2n) is 6.80. The molecule has 2 rings (SSSR count). The number of para-hydroxylation sites is 1. The Bertz CT molecular complexity index is 649. The van der Waals surface area contributed by atoms with Crippen molar-refractivity contribution in [2.24, 2.45) is 0 Å². The molecule has 1 heterocycles. The van der Waals surface area contributed by atoms with E-state index in [9.17, 15) is 10.0 Å². The zero-order valence-electron chi connectivity index (χ0n) is 14.4. The topological polar surface area (TPSA) is 74.9 Å². The number of benzene rings is 1. The summed E-state index contributed by atoms with van der Waals surface area (Å²) in [5.41, 5.74) is -1.33. The lowest BCUT2D eigenvalue weighted by Gasteiger charge is -2.42. The summed E-state index contributed by atoms with van der Waals surface area (Å²) in [4.78, 5) is 12.9. The molecule has 2 N–H and O–H groups in total.